The fourth-order valence-corrected chi connectivity index (χ4v) is 7.99. The Morgan fingerprint density at radius 1 is 0.885 bits per heavy atom. The number of aromatic nitrogens is 3. The summed E-state index contributed by atoms with van der Waals surface area (Å²) in [5.74, 6) is -0.333. The van der Waals surface area contributed by atoms with Gasteiger partial charge in [-0.05, 0) is 67.8 Å². The van der Waals surface area contributed by atoms with E-state index in [0.29, 0.717) is 38.6 Å². The SMILES string of the molecule is CC(c1ccc(Cl)cc1)n1cnc(-c2ccccc2)c1-c1c(C(=O)Nc2cc(Cl)ccc2N2CCC(N3CCNC3=O)CC2)[nH]c2cc(Cl)ccc12. The highest BCUT2D eigenvalue weighted by atomic mass is 35.5. The molecule has 9 nitrogen and oxygen atoms in total. The molecular formula is C40H36Cl3N7O2. The van der Waals surface area contributed by atoms with E-state index < -0.39 is 0 Å². The van der Waals surface area contributed by atoms with E-state index in [-0.39, 0.29) is 24.0 Å². The van der Waals surface area contributed by atoms with Gasteiger partial charge in [0.05, 0.1) is 35.1 Å². The molecule has 52 heavy (non-hydrogen) atoms. The zero-order chi connectivity index (χ0) is 35.9. The van der Waals surface area contributed by atoms with Crippen molar-refractivity contribution in [2.24, 2.45) is 0 Å². The lowest BCUT2D eigenvalue weighted by atomic mass is 9.99. The summed E-state index contributed by atoms with van der Waals surface area (Å²) >= 11 is 19.3. The van der Waals surface area contributed by atoms with Gasteiger partial charge in [0.1, 0.15) is 5.69 Å². The molecule has 1 unspecified atom stereocenters. The fourth-order valence-electron chi connectivity index (χ4n) is 7.52. The number of carbonyl (C=O) groups is 2. The van der Waals surface area contributed by atoms with E-state index in [4.69, 9.17) is 39.8 Å². The number of hydrogen-bond donors (Lipinski definition) is 3. The van der Waals surface area contributed by atoms with Crippen molar-refractivity contribution in [2.45, 2.75) is 31.8 Å². The van der Waals surface area contributed by atoms with Crippen LogP contribution < -0.4 is 15.5 Å². The summed E-state index contributed by atoms with van der Waals surface area (Å²) in [7, 11) is 0. The van der Waals surface area contributed by atoms with Gasteiger partial charge in [-0.3, -0.25) is 4.79 Å². The van der Waals surface area contributed by atoms with Crippen LogP contribution >= 0.6 is 34.8 Å². The summed E-state index contributed by atoms with van der Waals surface area (Å²) in [5.41, 5.74) is 6.74. The molecule has 4 aromatic carbocycles. The standard InChI is InChI=1S/C40H36Cl3N7O2/c1-24(25-7-9-27(41)10-8-25)50-23-45-36(26-5-3-2-4-6-26)38(50)35-31-13-11-28(42)21-32(31)46-37(35)39(51)47-33-22-29(43)12-14-34(33)48-18-15-30(16-19-48)49-20-17-44-40(49)52/h2-14,21-24,30,46H,15-20H2,1H3,(H,44,52)(H,47,51). The second-order valence-electron chi connectivity index (χ2n) is 13.3. The molecular weight excluding hydrogens is 717 g/mol. The number of hydrogen-bond acceptors (Lipinski definition) is 4. The van der Waals surface area contributed by atoms with Gasteiger partial charge < -0.3 is 30.0 Å². The third kappa shape index (κ3) is 6.49. The third-order valence-electron chi connectivity index (χ3n) is 10.2. The van der Waals surface area contributed by atoms with Crippen molar-refractivity contribution < 1.29 is 9.59 Å². The number of imidazole rings is 1. The van der Waals surface area contributed by atoms with Crippen LogP contribution in [0.2, 0.25) is 15.1 Å². The second-order valence-corrected chi connectivity index (χ2v) is 14.6. The predicted molar refractivity (Wildman–Crippen MR) is 210 cm³/mol. The Hall–Kier alpha value is -4.96. The van der Waals surface area contributed by atoms with Gasteiger partial charge in [0.15, 0.2) is 0 Å². The molecule has 4 heterocycles. The number of aromatic amines is 1. The van der Waals surface area contributed by atoms with Gasteiger partial charge in [-0.15, -0.1) is 0 Å². The zero-order valence-electron chi connectivity index (χ0n) is 28.4. The Kier molecular flexibility index (Phi) is 9.34. The maximum atomic E-state index is 14.7. The van der Waals surface area contributed by atoms with Crippen molar-refractivity contribution in [2.75, 3.05) is 36.4 Å². The highest BCUT2D eigenvalue weighted by Gasteiger charge is 2.32. The predicted octanol–water partition coefficient (Wildman–Crippen LogP) is 9.51. The molecule has 2 aliphatic rings. The summed E-state index contributed by atoms with van der Waals surface area (Å²) in [5, 5.41) is 8.67. The van der Waals surface area contributed by atoms with Gasteiger partial charge in [-0.2, -0.15) is 0 Å². The number of rotatable bonds is 8. The lowest BCUT2D eigenvalue weighted by molar-refractivity contribution is 0.102. The smallest absolute Gasteiger partial charge is 0.317 e. The van der Waals surface area contributed by atoms with Crippen LogP contribution in [0.3, 0.4) is 0 Å². The largest absolute Gasteiger partial charge is 0.370 e. The number of H-pyrrole nitrogens is 1. The third-order valence-corrected chi connectivity index (χ3v) is 10.9. The molecule has 6 aromatic rings. The summed E-state index contributed by atoms with van der Waals surface area (Å²) in [6.07, 6.45) is 3.49. The molecule has 2 aliphatic heterocycles. The van der Waals surface area contributed by atoms with Crippen molar-refractivity contribution in [3.05, 3.63) is 124 Å². The second kappa shape index (κ2) is 14.2. The molecule has 264 valence electrons. The number of benzene rings is 4. The highest BCUT2D eigenvalue weighted by Crippen LogP contribution is 2.42. The van der Waals surface area contributed by atoms with E-state index in [1.54, 1.807) is 6.07 Å². The van der Waals surface area contributed by atoms with Gasteiger partial charge in [0.2, 0.25) is 0 Å². The number of halogens is 3. The molecule has 0 bridgehead atoms. The lowest BCUT2D eigenvalue weighted by Gasteiger charge is -2.38. The van der Waals surface area contributed by atoms with Gasteiger partial charge >= 0.3 is 6.03 Å². The molecule has 0 saturated carbocycles. The first kappa shape index (κ1) is 34.1. The molecule has 2 fully saturated rings. The van der Waals surface area contributed by atoms with Crippen molar-refractivity contribution in [1.82, 2.24) is 24.8 Å². The van der Waals surface area contributed by atoms with Crippen molar-refractivity contribution in [3.63, 3.8) is 0 Å². The number of amides is 3. The van der Waals surface area contributed by atoms with E-state index in [0.717, 1.165) is 71.6 Å². The summed E-state index contributed by atoms with van der Waals surface area (Å²) in [4.78, 5) is 39.6. The number of carbonyl (C=O) groups excluding carboxylic acids is 2. The van der Waals surface area contributed by atoms with Crippen LogP contribution in [-0.2, 0) is 0 Å². The Balaban J connectivity index is 1.21. The summed E-state index contributed by atoms with van der Waals surface area (Å²) in [6.45, 7) is 4.98. The number of fused-ring (bicyclic) bond motifs is 1. The minimum Gasteiger partial charge on any atom is -0.370 e. The fraction of sp³-hybridized carbons (Fsp3) is 0.225. The van der Waals surface area contributed by atoms with Gasteiger partial charge in [-0.1, -0.05) is 83.3 Å². The van der Waals surface area contributed by atoms with E-state index in [2.05, 4.69) is 32.0 Å². The van der Waals surface area contributed by atoms with Gasteiger partial charge in [0.25, 0.3) is 5.91 Å². The quantitative estimate of drug-likeness (QED) is 0.144. The lowest BCUT2D eigenvalue weighted by Crippen LogP contribution is -2.46. The molecule has 3 N–H and O–H groups in total. The zero-order valence-corrected chi connectivity index (χ0v) is 30.6. The molecule has 2 aromatic heterocycles. The van der Waals surface area contributed by atoms with Crippen LogP contribution in [-0.4, -0.2) is 63.6 Å². The highest BCUT2D eigenvalue weighted by molar-refractivity contribution is 6.32. The number of piperidine rings is 1. The molecule has 12 heteroatoms. The molecule has 8 rings (SSSR count). The summed E-state index contributed by atoms with van der Waals surface area (Å²) < 4.78 is 2.11. The molecule has 0 radical (unpaired) electrons. The van der Waals surface area contributed by atoms with Crippen molar-refractivity contribution >= 4 is 69.0 Å². The Morgan fingerprint density at radius 2 is 1.60 bits per heavy atom. The van der Waals surface area contributed by atoms with Crippen LogP contribution in [0, 0.1) is 0 Å². The number of nitrogens with one attached hydrogen (secondary N) is 3. The van der Waals surface area contributed by atoms with E-state index in [1.807, 2.05) is 96.2 Å². The van der Waals surface area contributed by atoms with Crippen LogP contribution in [0.25, 0.3) is 33.4 Å². The minimum atomic E-state index is -0.333. The number of urea groups is 1. The molecule has 3 amide bonds. The molecule has 0 aliphatic carbocycles. The molecule has 2 saturated heterocycles. The van der Waals surface area contributed by atoms with Crippen LogP contribution in [0.4, 0.5) is 16.2 Å². The average Bonchev–Trinajstić information content (AvgIpc) is 3.88. The first-order valence-corrected chi connectivity index (χ1v) is 18.5. The topological polar surface area (TPSA) is 98.3 Å². The first-order valence-electron chi connectivity index (χ1n) is 17.3. The van der Waals surface area contributed by atoms with Gasteiger partial charge in [0, 0.05) is 69.3 Å². The molecule has 0 spiro atoms. The van der Waals surface area contributed by atoms with Crippen LogP contribution in [0.5, 0.6) is 0 Å². The summed E-state index contributed by atoms with van der Waals surface area (Å²) in [6, 6.07) is 28.9. The Morgan fingerprint density at radius 3 is 2.33 bits per heavy atom. The van der Waals surface area contributed by atoms with Crippen LogP contribution in [0.1, 0.15) is 41.9 Å². The molecule has 1 atom stereocenters. The van der Waals surface area contributed by atoms with E-state index >= 15 is 0 Å². The van der Waals surface area contributed by atoms with Crippen LogP contribution in [0.15, 0.2) is 97.3 Å². The number of nitrogens with zero attached hydrogens (tertiary/aromatic N) is 4. The normalized spacial score (nSPS) is 15.7. The Labute approximate surface area is 316 Å². The average molecular weight is 753 g/mol. The van der Waals surface area contributed by atoms with E-state index in [1.165, 1.54) is 0 Å². The number of anilines is 2. The maximum Gasteiger partial charge on any atom is 0.317 e. The Bertz CT molecular complexity index is 2280. The van der Waals surface area contributed by atoms with Crippen molar-refractivity contribution in [1.29, 1.82) is 0 Å². The van der Waals surface area contributed by atoms with Gasteiger partial charge in [-0.25, -0.2) is 9.78 Å². The van der Waals surface area contributed by atoms with E-state index in [9.17, 15) is 9.59 Å². The maximum absolute atomic E-state index is 14.7. The first-order chi connectivity index (χ1) is 25.2. The minimum absolute atomic E-state index is 0.00708. The monoisotopic (exact) mass is 751 g/mol. The van der Waals surface area contributed by atoms with Crippen molar-refractivity contribution in [3.8, 4) is 22.5 Å².